The molecule has 0 saturated carbocycles. The highest BCUT2D eigenvalue weighted by Gasteiger charge is 2.38. The SMILES string of the molecule is Cc1ccc(S(=O)(=O)N2CCC(C(=O)N3CC(CN)CC3C)CC2)cc1. The number of amides is 1. The van der Waals surface area contributed by atoms with Gasteiger partial charge in [0.05, 0.1) is 4.90 Å². The van der Waals surface area contributed by atoms with Crippen LogP contribution in [0.4, 0.5) is 0 Å². The normalized spacial score (nSPS) is 25.6. The number of benzene rings is 1. The van der Waals surface area contributed by atoms with Crippen LogP contribution in [0.3, 0.4) is 0 Å². The van der Waals surface area contributed by atoms with Crippen LogP contribution in [0.2, 0.25) is 0 Å². The quantitative estimate of drug-likeness (QED) is 0.861. The molecule has 1 amide bonds. The molecule has 1 aromatic rings. The van der Waals surface area contributed by atoms with Crippen molar-refractivity contribution in [1.29, 1.82) is 0 Å². The number of aryl methyl sites for hydroxylation is 1. The molecule has 7 heteroatoms. The average molecular weight is 380 g/mol. The zero-order valence-corrected chi connectivity index (χ0v) is 16.4. The number of piperidine rings is 1. The largest absolute Gasteiger partial charge is 0.339 e. The predicted octanol–water partition coefficient (Wildman–Crippen LogP) is 1.59. The molecular weight excluding hydrogens is 350 g/mol. The molecule has 2 aliphatic rings. The number of hydrogen-bond acceptors (Lipinski definition) is 4. The molecule has 2 fully saturated rings. The number of likely N-dealkylation sites (tertiary alicyclic amines) is 1. The molecule has 0 aliphatic carbocycles. The Morgan fingerprint density at radius 3 is 2.35 bits per heavy atom. The van der Waals surface area contributed by atoms with E-state index < -0.39 is 10.0 Å². The number of sulfonamides is 1. The maximum absolute atomic E-state index is 12.9. The summed E-state index contributed by atoms with van der Waals surface area (Å²) in [6.45, 7) is 6.15. The Morgan fingerprint density at radius 1 is 1.19 bits per heavy atom. The molecule has 2 saturated heterocycles. The summed E-state index contributed by atoms with van der Waals surface area (Å²) in [6, 6.07) is 7.16. The number of rotatable bonds is 4. The monoisotopic (exact) mass is 379 g/mol. The molecule has 0 spiro atoms. The summed E-state index contributed by atoms with van der Waals surface area (Å²) in [7, 11) is -3.48. The first-order valence-electron chi connectivity index (χ1n) is 9.40. The Hall–Kier alpha value is -1.44. The second kappa shape index (κ2) is 7.66. The van der Waals surface area contributed by atoms with Gasteiger partial charge >= 0.3 is 0 Å². The summed E-state index contributed by atoms with van der Waals surface area (Å²) in [5.74, 6) is 0.468. The highest BCUT2D eigenvalue weighted by Crippen LogP contribution is 2.29. The Balaban J connectivity index is 1.62. The number of carbonyl (C=O) groups excluding carboxylic acids is 1. The molecule has 144 valence electrons. The summed E-state index contributed by atoms with van der Waals surface area (Å²) < 4.78 is 27.1. The molecule has 2 aliphatic heterocycles. The molecule has 0 bridgehead atoms. The fourth-order valence-electron chi connectivity index (χ4n) is 4.06. The maximum atomic E-state index is 12.9. The lowest BCUT2D eigenvalue weighted by Gasteiger charge is -2.33. The van der Waals surface area contributed by atoms with Crippen LogP contribution in [-0.2, 0) is 14.8 Å². The van der Waals surface area contributed by atoms with Crippen LogP contribution in [-0.4, -0.2) is 55.8 Å². The molecule has 0 radical (unpaired) electrons. The molecule has 2 unspecified atom stereocenters. The lowest BCUT2D eigenvalue weighted by molar-refractivity contribution is -0.137. The third-order valence-electron chi connectivity index (χ3n) is 5.74. The van der Waals surface area contributed by atoms with Gasteiger partial charge in [-0.25, -0.2) is 8.42 Å². The third kappa shape index (κ3) is 3.80. The summed E-state index contributed by atoms with van der Waals surface area (Å²) in [6.07, 6.45) is 2.13. The molecule has 1 aromatic carbocycles. The van der Waals surface area contributed by atoms with Crippen LogP contribution in [0.15, 0.2) is 29.2 Å². The van der Waals surface area contributed by atoms with Gasteiger partial charge in [0.15, 0.2) is 0 Å². The first kappa shape index (κ1) is 19.3. The Morgan fingerprint density at radius 2 is 1.81 bits per heavy atom. The molecule has 2 atom stereocenters. The molecular formula is C19H29N3O3S. The van der Waals surface area contributed by atoms with Crippen molar-refractivity contribution in [3.05, 3.63) is 29.8 Å². The van der Waals surface area contributed by atoms with Crippen molar-refractivity contribution in [3.8, 4) is 0 Å². The molecule has 0 aromatic heterocycles. The van der Waals surface area contributed by atoms with E-state index in [-0.39, 0.29) is 17.9 Å². The maximum Gasteiger partial charge on any atom is 0.243 e. The molecule has 2 N–H and O–H groups in total. The average Bonchev–Trinajstić information content (AvgIpc) is 3.02. The third-order valence-corrected chi connectivity index (χ3v) is 7.65. The fraction of sp³-hybridized carbons (Fsp3) is 0.632. The summed E-state index contributed by atoms with van der Waals surface area (Å²) in [5.41, 5.74) is 6.79. The number of nitrogens with two attached hydrogens (primary N) is 1. The van der Waals surface area contributed by atoms with Crippen molar-refractivity contribution in [2.24, 2.45) is 17.6 Å². The van der Waals surface area contributed by atoms with E-state index in [1.165, 1.54) is 4.31 Å². The van der Waals surface area contributed by atoms with Crippen molar-refractivity contribution < 1.29 is 13.2 Å². The van der Waals surface area contributed by atoms with Crippen LogP contribution < -0.4 is 5.73 Å². The Kier molecular flexibility index (Phi) is 5.69. The van der Waals surface area contributed by atoms with Gasteiger partial charge in [0, 0.05) is 31.6 Å². The van der Waals surface area contributed by atoms with Crippen molar-refractivity contribution in [2.45, 2.75) is 44.0 Å². The van der Waals surface area contributed by atoms with Crippen LogP contribution in [0.1, 0.15) is 31.7 Å². The van der Waals surface area contributed by atoms with Gasteiger partial charge in [0.2, 0.25) is 15.9 Å². The van der Waals surface area contributed by atoms with Crippen molar-refractivity contribution in [1.82, 2.24) is 9.21 Å². The van der Waals surface area contributed by atoms with E-state index in [1.807, 2.05) is 24.0 Å². The summed E-state index contributed by atoms with van der Waals surface area (Å²) >= 11 is 0. The lowest BCUT2D eigenvalue weighted by atomic mass is 9.96. The van der Waals surface area contributed by atoms with E-state index >= 15 is 0 Å². The first-order chi connectivity index (χ1) is 12.3. The topological polar surface area (TPSA) is 83.7 Å². The summed E-state index contributed by atoms with van der Waals surface area (Å²) in [5, 5.41) is 0. The number of carbonyl (C=O) groups is 1. The summed E-state index contributed by atoms with van der Waals surface area (Å²) in [4.78, 5) is 15.1. The highest BCUT2D eigenvalue weighted by atomic mass is 32.2. The van der Waals surface area contributed by atoms with Gasteiger partial charge in [0.25, 0.3) is 0 Å². The van der Waals surface area contributed by atoms with E-state index in [4.69, 9.17) is 5.73 Å². The highest BCUT2D eigenvalue weighted by molar-refractivity contribution is 7.89. The lowest BCUT2D eigenvalue weighted by Crippen LogP contribution is -2.45. The van der Waals surface area contributed by atoms with Gasteiger partial charge in [-0.1, -0.05) is 17.7 Å². The van der Waals surface area contributed by atoms with Crippen LogP contribution in [0.25, 0.3) is 0 Å². The van der Waals surface area contributed by atoms with E-state index in [2.05, 4.69) is 6.92 Å². The zero-order valence-electron chi connectivity index (χ0n) is 15.6. The second-order valence-electron chi connectivity index (χ2n) is 7.67. The van der Waals surface area contributed by atoms with E-state index in [0.29, 0.717) is 43.3 Å². The standard InChI is InChI=1S/C19H29N3O3S/c1-14-3-5-18(6-4-14)26(24,25)21-9-7-17(8-10-21)19(23)22-13-16(12-20)11-15(22)2/h3-6,15-17H,7-13,20H2,1-2H3. The fourth-order valence-corrected chi connectivity index (χ4v) is 5.53. The van der Waals surface area contributed by atoms with Crippen molar-refractivity contribution in [3.63, 3.8) is 0 Å². The van der Waals surface area contributed by atoms with Gasteiger partial charge in [-0.05, 0) is 57.7 Å². The van der Waals surface area contributed by atoms with Gasteiger partial charge < -0.3 is 10.6 Å². The van der Waals surface area contributed by atoms with Gasteiger partial charge in [-0.15, -0.1) is 0 Å². The Labute approximate surface area is 156 Å². The first-order valence-corrected chi connectivity index (χ1v) is 10.8. The second-order valence-corrected chi connectivity index (χ2v) is 9.61. The predicted molar refractivity (Wildman–Crippen MR) is 101 cm³/mol. The molecule has 2 heterocycles. The number of nitrogens with zero attached hydrogens (tertiary/aromatic N) is 2. The van der Waals surface area contributed by atoms with E-state index in [9.17, 15) is 13.2 Å². The molecule has 6 nitrogen and oxygen atoms in total. The molecule has 3 rings (SSSR count). The minimum Gasteiger partial charge on any atom is -0.339 e. The van der Waals surface area contributed by atoms with Crippen LogP contribution >= 0.6 is 0 Å². The van der Waals surface area contributed by atoms with Crippen LogP contribution in [0.5, 0.6) is 0 Å². The van der Waals surface area contributed by atoms with Crippen molar-refractivity contribution in [2.75, 3.05) is 26.2 Å². The van der Waals surface area contributed by atoms with Gasteiger partial charge in [0.1, 0.15) is 0 Å². The minimum atomic E-state index is -3.48. The van der Waals surface area contributed by atoms with E-state index in [0.717, 1.165) is 18.5 Å². The molecule has 26 heavy (non-hydrogen) atoms. The Bertz CT molecular complexity index is 740. The zero-order chi connectivity index (χ0) is 18.9. The number of hydrogen-bond donors (Lipinski definition) is 1. The van der Waals surface area contributed by atoms with Gasteiger partial charge in [-0.2, -0.15) is 4.31 Å². The van der Waals surface area contributed by atoms with Crippen LogP contribution in [0, 0.1) is 18.8 Å². The minimum absolute atomic E-state index is 0.0848. The van der Waals surface area contributed by atoms with Gasteiger partial charge in [-0.3, -0.25) is 4.79 Å². The van der Waals surface area contributed by atoms with Crippen molar-refractivity contribution >= 4 is 15.9 Å². The smallest absolute Gasteiger partial charge is 0.243 e. The van der Waals surface area contributed by atoms with E-state index in [1.54, 1.807) is 12.1 Å².